The minimum atomic E-state index is -0.766. The van der Waals surface area contributed by atoms with Gasteiger partial charge in [-0.2, -0.15) is 0 Å². The Balaban J connectivity index is 1.62. The van der Waals surface area contributed by atoms with Crippen LogP contribution in [0.15, 0.2) is 83.3 Å². The van der Waals surface area contributed by atoms with Gasteiger partial charge in [-0.3, -0.25) is 0 Å². The molecule has 0 spiro atoms. The predicted molar refractivity (Wildman–Crippen MR) is 123 cm³/mol. The molecule has 0 saturated carbocycles. The van der Waals surface area contributed by atoms with E-state index in [1.165, 1.54) is 7.11 Å². The number of nitrogens with one attached hydrogen (secondary N) is 2. The summed E-state index contributed by atoms with van der Waals surface area (Å²) in [5, 5.41) is 14.3. The molecule has 1 atom stereocenters. The van der Waals surface area contributed by atoms with Crippen molar-refractivity contribution in [2.75, 3.05) is 12.4 Å². The van der Waals surface area contributed by atoms with Gasteiger partial charge in [0.15, 0.2) is 0 Å². The zero-order valence-corrected chi connectivity index (χ0v) is 18.2. The second-order valence-electron chi connectivity index (χ2n) is 6.93. The number of halogens is 1. The van der Waals surface area contributed by atoms with Gasteiger partial charge >= 0.3 is 12.0 Å². The molecule has 0 aliphatic heterocycles. The molecule has 0 aliphatic rings. The molecule has 2 amide bonds. The van der Waals surface area contributed by atoms with Gasteiger partial charge in [0.25, 0.3) is 0 Å². The lowest BCUT2D eigenvalue weighted by atomic mass is 10.1. The van der Waals surface area contributed by atoms with Crippen molar-refractivity contribution < 1.29 is 18.7 Å². The van der Waals surface area contributed by atoms with Crippen molar-refractivity contribution in [3.8, 4) is 11.5 Å². The van der Waals surface area contributed by atoms with Gasteiger partial charge in [-0.05, 0) is 42.0 Å². The molecule has 4 rings (SSSR count). The molecule has 0 saturated heterocycles. The van der Waals surface area contributed by atoms with Gasteiger partial charge in [0.05, 0.1) is 18.4 Å². The normalized spacial score (nSPS) is 11.5. The van der Waals surface area contributed by atoms with Crippen LogP contribution in [0.1, 0.15) is 27.9 Å². The Morgan fingerprint density at radius 3 is 2.36 bits per heavy atom. The van der Waals surface area contributed by atoms with E-state index in [0.717, 1.165) is 5.56 Å². The number of carbonyl (C=O) groups excluding carboxylic acids is 2. The molecule has 3 aromatic carbocycles. The van der Waals surface area contributed by atoms with Crippen molar-refractivity contribution >= 4 is 29.3 Å². The number of methoxy groups -OCH3 is 1. The number of hydrogen-bond donors (Lipinski definition) is 2. The molecule has 2 N–H and O–H groups in total. The van der Waals surface area contributed by atoms with Crippen LogP contribution < -0.4 is 10.6 Å². The van der Waals surface area contributed by atoms with Crippen molar-refractivity contribution in [1.82, 2.24) is 15.5 Å². The summed E-state index contributed by atoms with van der Waals surface area (Å²) in [7, 11) is 1.27. The molecule has 0 bridgehead atoms. The minimum Gasteiger partial charge on any atom is -0.465 e. The van der Waals surface area contributed by atoms with Crippen LogP contribution in [-0.2, 0) is 4.74 Å². The number of rotatable bonds is 6. The molecule has 4 aromatic rings. The number of anilines is 1. The molecule has 166 valence electrons. The Morgan fingerprint density at radius 1 is 0.939 bits per heavy atom. The zero-order valence-electron chi connectivity index (χ0n) is 17.5. The van der Waals surface area contributed by atoms with Crippen molar-refractivity contribution in [2.45, 2.75) is 6.04 Å². The first kappa shape index (κ1) is 22.0. The monoisotopic (exact) mass is 462 g/mol. The van der Waals surface area contributed by atoms with E-state index in [9.17, 15) is 9.59 Å². The lowest BCUT2D eigenvalue weighted by Crippen LogP contribution is -2.34. The van der Waals surface area contributed by atoms with Gasteiger partial charge in [0, 0.05) is 10.6 Å². The fraction of sp³-hybridized carbons (Fsp3) is 0.0833. The summed E-state index contributed by atoms with van der Waals surface area (Å²) in [5.74, 6) is -0.0556. The van der Waals surface area contributed by atoms with Crippen molar-refractivity contribution in [2.24, 2.45) is 0 Å². The third-order valence-electron chi connectivity index (χ3n) is 4.77. The lowest BCUT2D eigenvalue weighted by Gasteiger charge is -2.17. The van der Waals surface area contributed by atoms with Crippen molar-refractivity contribution in [3.05, 3.63) is 101 Å². The maximum absolute atomic E-state index is 12.9. The summed E-state index contributed by atoms with van der Waals surface area (Å²) in [5.41, 5.74) is 1.95. The van der Waals surface area contributed by atoms with Gasteiger partial charge in [0.2, 0.25) is 11.8 Å². The highest BCUT2D eigenvalue weighted by Crippen LogP contribution is 2.26. The van der Waals surface area contributed by atoms with Crippen LogP contribution in [0.3, 0.4) is 0 Å². The van der Waals surface area contributed by atoms with E-state index in [1.807, 2.05) is 30.3 Å². The molecular weight excluding hydrogens is 444 g/mol. The second kappa shape index (κ2) is 9.97. The molecule has 0 radical (unpaired) electrons. The van der Waals surface area contributed by atoms with Crippen LogP contribution in [0.5, 0.6) is 0 Å². The Hall–Kier alpha value is -4.17. The molecule has 1 aromatic heterocycles. The van der Waals surface area contributed by atoms with E-state index < -0.39 is 18.0 Å². The van der Waals surface area contributed by atoms with E-state index in [2.05, 4.69) is 20.8 Å². The number of carbonyl (C=O) groups is 2. The van der Waals surface area contributed by atoms with E-state index >= 15 is 0 Å². The van der Waals surface area contributed by atoms with E-state index in [0.29, 0.717) is 22.2 Å². The van der Waals surface area contributed by atoms with Gasteiger partial charge < -0.3 is 19.8 Å². The topological polar surface area (TPSA) is 106 Å². The molecule has 0 fully saturated rings. The average Bonchev–Trinajstić information content (AvgIpc) is 3.34. The van der Waals surface area contributed by atoms with E-state index in [1.54, 1.807) is 48.5 Å². The number of aromatic nitrogens is 2. The molecule has 9 heteroatoms. The van der Waals surface area contributed by atoms with Crippen molar-refractivity contribution in [3.63, 3.8) is 0 Å². The van der Waals surface area contributed by atoms with Crippen LogP contribution in [0.2, 0.25) is 5.02 Å². The molecule has 1 heterocycles. The largest absolute Gasteiger partial charge is 0.465 e. The highest BCUT2D eigenvalue weighted by Gasteiger charge is 2.24. The first-order chi connectivity index (χ1) is 16.0. The number of urea groups is 1. The van der Waals surface area contributed by atoms with E-state index in [-0.39, 0.29) is 11.5 Å². The summed E-state index contributed by atoms with van der Waals surface area (Å²) >= 11 is 6.03. The Bertz CT molecular complexity index is 1260. The summed E-state index contributed by atoms with van der Waals surface area (Å²) in [6.45, 7) is 0. The summed E-state index contributed by atoms with van der Waals surface area (Å²) < 4.78 is 10.7. The van der Waals surface area contributed by atoms with Gasteiger partial charge in [-0.15, -0.1) is 10.2 Å². The van der Waals surface area contributed by atoms with E-state index in [4.69, 9.17) is 20.8 Å². The van der Waals surface area contributed by atoms with Crippen LogP contribution in [0.25, 0.3) is 11.5 Å². The molecule has 0 aliphatic carbocycles. The number of benzene rings is 3. The molecular formula is C24H19ClN4O4. The van der Waals surface area contributed by atoms with Crippen LogP contribution in [0, 0.1) is 0 Å². The predicted octanol–water partition coefficient (Wildman–Crippen LogP) is 5.09. The highest BCUT2D eigenvalue weighted by molar-refractivity contribution is 6.30. The molecule has 8 nitrogen and oxygen atoms in total. The van der Waals surface area contributed by atoms with Crippen molar-refractivity contribution in [1.29, 1.82) is 0 Å². The first-order valence-corrected chi connectivity index (χ1v) is 10.3. The number of nitrogens with zero attached hydrogens (tertiary/aromatic N) is 2. The van der Waals surface area contributed by atoms with Crippen LogP contribution in [0.4, 0.5) is 10.5 Å². The van der Waals surface area contributed by atoms with Gasteiger partial charge in [-0.1, -0.05) is 54.1 Å². The SMILES string of the molecule is COC(=O)c1ccccc1NC(=O)NC(c1ccc(Cl)cc1)c1nnc(-c2ccccc2)o1. The number of amides is 2. The third-order valence-corrected chi connectivity index (χ3v) is 5.02. The van der Waals surface area contributed by atoms with Crippen LogP contribution in [-0.4, -0.2) is 29.3 Å². The quantitative estimate of drug-likeness (QED) is 0.387. The first-order valence-electron chi connectivity index (χ1n) is 9.94. The minimum absolute atomic E-state index is 0.188. The summed E-state index contributed by atoms with van der Waals surface area (Å²) in [6, 6.07) is 21.4. The second-order valence-corrected chi connectivity index (χ2v) is 7.37. The van der Waals surface area contributed by atoms with Gasteiger partial charge in [0.1, 0.15) is 6.04 Å². The highest BCUT2D eigenvalue weighted by atomic mass is 35.5. The maximum Gasteiger partial charge on any atom is 0.339 e. The Morgan fingerprint density at radius 2 is 1.64 bits per heavy atom. The number of ether oxygens (including phenoxy) is 1. The Kier molecular flexibility index (Phi) is 6.66. The smallest absolute Gasteiger partial charge is 0.339 e. The average molecular weight is 463 g/mol. The van der Waals surface area contributed by atoms with Gasteiger partial charge in [-0.25, -0.2) is 9.59 Å². The number of esters is 1. The van der Waals surface area contributed by atoms with Crippen LogP contribution >= 0.6 is 11.6 Å². The summed E-state index contributed by atoms with van der Waals surface area (Å²) in [6.07, 6.45) is 0. The third kappa shape index (κ3) is 5.19. The lowest BCUT2D eigenvalue weighted by molar-refractivity contribution is 0.0602. The molecule has 1 unspecified atom stereocenters. The zero-order chi connectivity index (χ0) is 23.2. The number of hydrogen-bond acceptors (Lipinski definition) is 6. The summed E-state index contributed by atoms with van der Waals surface area (Å²) in [4.78, 5) is 24.9. The maximum atomic E-state index is 12.9. The fourth-order valence-corrected chi connectivity index (χ4v) is 3.29. The fourth-order valence-electron chi connectivity index (χ4n) is 3.16. The Labute approximate surface area is 194 Å². The molecule has 33 heavy (non-hydrogen) atoms. The number of para-hydroxylation sites is 1. The standard InChI is InChI=1S/C24H19ClN4O4/c1-32-23(30)18-9-5-6-10-19(18)26-24(31)27-20(15-11-13-17(25)14-12-15)22-29-28-21(33-22)16-7-3-2-4-8-16/h2-14,20H,1H3,(H2,26,27,31).